The number of alkyl halides is 1. The van der Waals surface area contributed by atoms with E-state index in [0.717, 1.165) is 47.8 Å². The van der Waals surface area contributed by atoms with Crippen molar-refractivity contribution in [1.29, 1.82) is 0 Å². The molecule has 2 unspecified atom stereocenters. The SMILES string of the molecule is Nc1nc2c(-c3c(Cl)cc4c(N5CC6CCC(C5)N6C(=O)n5cc(F)cn5)nc(OC[C@@]56CCCN5C[C@H](F)C6)nc4c3F)ccc(F)c2s1. The highest BCUT2D eigenvalue weighted by Gasteiger charge is 2.50. The average Bonchev–Trinajstić information content (AvgIpc) is 3.89. The van der Waals surface area contributed by atoms with Gasteiger partial charge in [0.1, 0.15) is 29.9 Å². The van der Waals surface area contributed by atoms with Gasteiger partial charge in [-0.15, -0.1) is 0 Å². The van der Waals surface area contributed by atoms with E-state index in [-0.39, 0.29) is 61.7 Å². The van der Waals surface area contributed by atoms with Crippen molar-refractivity contribution in [2.24, 2.45) is 0 Å². The van der Waals surface area contributed by atoms with Crippen molar-refractivity contribution in [1.82, 2.24) is 34.5 Å². The van der Waals surface area contributed by atoms with Crippen LogP contribution in [0.5, 0.6) is 6.01 Å². The summed E-state index contributed by atoms with van der Waals surface area (Å²) in [5.74, 6) is -1.56. The smallest absolute Gasteiger partial charge is 0.345 e. The molecule has 0 saturated carbocycles. The largest absolute Gasteiger partial charge is 0.461 e. The van der Waals surface area contributed by atoms with Gasteiger partial charge < -0.3 is 20.3 Å². The number of carbonyl (C=O) groups is 1. The van der Waals surface area contributed by atoms with Gasteiger partial charge in [0, 0.05) is 42.6 Å². The van der Waals surface area contributed by atoms with Crippen LogP contribution in [0.1, 0.15) is 32.1 Å². The first kappa shape index (κ1) is 31.7. The molecule has 2 aromatic carbocycles. The standard InChI is InChI=1S/C33H30ClF4N9O2S/c34-22-8-21-26(25(38)24(22)20-4-5-23(37)28-27(20)41-30(39)50-28)42-31(49-15-33-6-1-7-45(33)11-16(35)9-33)43-29(21)44-13-18-2-3-19(14-44)47(18)32(48)46-12-17(36)10-40-46/h4-5,8,10,12,16,18-19H,1-3,6-7,9,11,13-15H2,(H2,39,41)/t16-,18?,19?,33+/m1/s1. The molecule has 7 heterocycles. The van der Waals surface area contributed by atoms with Crippen molar-refractivity contribution in [3.8, 4) is 17.1 Å². The maximum absolute atomic E-state index is 17.0. The fourth-order valence-electron chi connectivity index (χ4n) is 8.47. The summed E-state index contributed by atoms with van der Waals surface area (Å²) in [7, 11) is 0. The molecule has 4 aliphatic rings. The van der Waals surface area contributed by atoms with Gasteiger partial charge in [-0.25, -0.2) is 27.3 Å². The first-order valence-corrected chi connectivity index (χ1v) is 17.6. The van der Waals surface area contributed by atoms with Crippen LogP contribution in [0.2, 0.25) is 5.02 Å². The number of ether oxygens (including phenoxy) is 1. The van der Waals surface area contributed by atoms with Gasteiger partial charge in [-0.05, 0) is 50.4 Å². The second kappa shape index (κ2) is 11.6. The van der Waals surface area contributed by atoms with Gasteiger partial charge in [-0.3, -0.25) is 4.90 Å². The molecule has 9 rings (SSSR count). The van der Waals surface area contributed by atoms with Crippen LogP contribution in [0.15, 0.2) is 30.6 Å². The maximum atomic E-state index is 17.0. The minimum atomic E-state index is -0.964. The second-order valence-corrected chi connectivity index (χ2v) is 15.0. The van der Waals surface area contributed by atoms with E-state index in [9.17, 15) is 18.0 Å². The zero-order chi connectivity index (χ0) is 34.5. The van der Waals surface area contributed by atoms with Gasteiger partial charge in [0.2, 0.25) is 0 Å². The van der Waals surface area contributed by atoms with E-state index >= 15 is 4.39 Å². The number of anilines is 2. The van der Waals surface area contributed by atoms with Gasteiger partial charge in [-0.2, -0.15) is 19.7 Å². The highest BCUT2D eigenvalue weighted by molar-refractivity contribution is 7.22. The highest BCUT2D eigenvalue weighted by Crippen LogP contribution is 2.45. The lowest BCUT2D eigenvalue weighted by molar-refractivity contribution is 0.107. The number of piperazine rings is 1. The molecule has 260 valence electrons. The van der Waals surface area contributed by atoms with Gasteiger partial charge >= 0.3 is 12.0 Å². The molecule has 4 atom stereocenters. The van der Waals surface area contributed by atoms with Crippen LogP contribution < -0.4 is 15.4 Å². The number of benzene rings is 2. The molecular weight excluding hydrogens is 698 g/mol. The Bertz CT molecular complexity index is 2190. The summed E-state index contributed by atoms with van der Waals surface area (Å²) in [5, 5.41) is 4.33. The van der Waals surface area contributed by atoms with Crippen molar-refractivity contribution >= 4 is 61.0 Å². The van der Waals surface area contributed by atoms with E-state index < -0.39 is 35.2 Å². The van der Waals surface area contributed by atoms with Crippen molar-refractivity contribution in [2.45, 2.75) is 55.9 Å². The van der Waals surface area contributed by atoms with Crippen LogP contribution >= 0.6 is 22.9 Å². The Kier molecular flexibility index (Phi) is 7.37. The van der Waals surface area contributed by atoms with Crippen LogP contribution in [0.25, 0.3) is 32.2 Å². The first-order valence-electron chi connectivity index (χ1n) is 16.4. The molecule has 17 heteroatoms. The van der Waals surface area contributed by atoms with E-state index in [1.165, 1.54) is 12.1 Å². The molecule has 1 amide bonds. The Morgan fingerprint density at radius 3 is 2.66 bits per heavy atom. The minimum absolute atomic E-state index is 0.0244. The number of nitrogen functional groups attached to an aromatic ring is 1. The summed E-state index contributed by atoms with van der Waals surface area (Å²) in [6.07, 6.45) is 4.48. The lowest BCUT2D eigenvalue weighted by Crippen LogP contribution is -2.57. The second-order valence-electron chi connectivity index (χ2n) is 13.5. The number of hydrogen-bond donors (Lipinski definition) is 1. The number of fused-ring (bicyclic) bond motifs is 5. The molecule has 3 aromatic heterocycles. The molecule has 4 fully saturated rings. The lowest BCUT2D eigenvalue weighted by Gasteiger charge is -2.41. The maximum Gasteiger partial charge on any atom is 0.345 e. The number of aromatic nitrogens is 5. The topological polar surface area (TPSA) is 119 Å². The van der Waals surface area contributed by atoms with Crippen LogP contribution in [0.4, 0.5) is 33.3 Å². The highest BCUT2D eigenvalue weighted by atomic mass is 35.5. The summed E-state index contributed by atoms with van der Waals surface area (Å²) in [5.41, 5.74) is 5.75. The van der Waals surface area contributed by atoms with E-state index in [1.54, 1.807) is 11.0 Å². The number of halogens is 5. The molecule has 2 N–H and O–H groups in total. The monoisotopic (exact) mass is 727 g/mol. The molecule has 2 bridgehead atoms. The van der Waals surface area contributed by atoms with Crippen molar-refractivity contribution in [2.75, 3.05) is 43.4 Å². The van der Waals surface area contributed by atoms with Gasteiger partial charge in [0.15, 0.2) is 16.8 Å². The molecular formula is C33H30ClF4N9O2S. The van der Waals surface area contributed by atoms with Gasteiger partial charge in [-0.1, -0.05) is 22.9 Å². The van der Waals surface area contributed by atoms with Crippen molar-refractivity contribution in [3.05, 3.63) is 53.1 Å². The third kappa shape index (κ3) is 4.97. The number of thiazole rings is 1. The zero-order valence-electron chi connectivity index (χ0n) is 26.5. The van der Waals surface area contributed by atoms with Crippen LogP contribution in [-0.4, -0.2) is 97.1 Å². The third-order valence-electron chi connectivity index (χ3n) is 10.6. The summed E-state index contributed by atoms with van der Waals surface area (Å²) < 4.78 is 67.3. The van der Waals surface area contributed by atoms with E-state index in [2.05, 4.69) is 20.0 Å². The molecule has 0 radical (unpaired) electrons. The number of amides is 1. The van der Waals surface area contributed by atoms with E-state index in [0.29, 0.717) is 50.1 Å². The van der Waals surface area contributed by atoms with E-state index in [1.807, 2.05) is 4.90 Å². The van der Waals surface area contributed by atoms with E-state index in [4.69, 9.17) is 27.1 Å². The predicted molar refractivity (Wildman–Crippen MR) is 180 cm³/mol. The molecule has 4 saturated heterocycles. The molecule has 0 spiro atoms. The molecule has 11 nitrogen and oxygen atoms in total. The normalized spacial score (nSPS) is 24.9. The lowest BCUT2D eigenvalue weighted by atomic mass is 9.95. The first-order chi connectivity index (χ1) is 24.1. The van der Waals surface area contributed by atoms with Crippen LogP contribution in [0, 0.1) is 17.5 Å². The Morgan fingerprint density at radius 1 is 1.10 bits per heavy atom. The average molecular weight is 728 g/mol. The molecule has 0 aliphatic carbocycles. The number of hydrogen-bond acceptors (Lipinski definition) is 10. The fraction of sp³-hybridized carbons (Fsp3) is 0.424. The Morgan fingerprint density at radius 2 is 1.90 bits per heavy atom. The number of nitrogens with two attached hydrogens (primary N) is 1. The summed E-state index contributed by atoms with van der Waals surface area (Å²) in [6.45, 7) is 1.93. The minimum Gasteiger partial charge on any atom is -0.461 e. The Hall–Kier alpha value is -4.28. The summed E-state index contributed by atoms with van der Waals surface area (Å²) >= 11 is 7.79. The Balaban J connectivity index is 1.14. The van der Waals surface area contributed by atoms with Gasteiger partial charge in [0.05, 0.1) is 45.3 Å². The van der Waals surface area contributed by atoms with Gasteiger partial charge in [0.25, 0.3) is 0 Å². The molecule has 50 heavy (non-hydrogen) atoms. The molecule has 4 aliphatic heterocycles. The van der Waals surface area contributed by atoms with Crippen molar-refractivity contribution in [3.63, 3.8) is 0 Å². The molecule has 5 aromatic rings. The quantitative estimate of drug-likeness (QED) is 0.217. The number of carbonyl (C=O) groups excluding carboxylic acids is 1. The van der Waals surface area contributed by atoms with Crippen LogP contribution in [-0.2, 0) is 0 Å². The third-order valence-corrected chi connectivity index (χ3v) is 11.8. The van der Waals surface area contributed by atoms with Crippen LogP contribution in [0.3, 0.4) is 0 Å². The van der Waals surface area contributed by atoms with Crippen molar-refractivity contribution < 1.29 is 27.1 Å². The fourth-order valence-corrected chi connectivity index (χ4v) is 9.52. The zero-order valence-corrected chi connectivity index (χ0v) is 28.0. The number of rotatable bonds is 5. The summed E-state index contributed by atoms with van der Waals surface area (Å²) in [4.78, 5) is 32.8. The predicted octanol–water partition coefficient (Wildman–Crippen LogP) is 6.03. The number of nitrogens with zero attached hydrogens (tertiary/aromatic N) is 8. The summed E-state index contributed by atoms with van der Waals surface area (Å²) in [6, 6.07) is 3.19. The Labute approximate surface area is 291 Å².